The summed E-state index contributed by atoms with van der Waals surface area (Å²) in [5, 5.41) is 6.62. The summed E-state index contributed by atoms with van der Waals surface area (Å²) in [5.74, 6) is 2.42. The first-order valence-corrected chi connectivity index (χ1v) is 10.5. The molecule has 3 rings (SSSR count). The predicted molar refractivity (Wildman–Crippen MR) is 140 cm³/mol. The second-order valence-electron chi connectivity index (χ2n) is 7.11. The van der Waals surface area contributed by atoms with Crippen LogP contribution in [0.2, 0.25) is 0 Å². The van der Waals surface area contributed by atoms with Crippen molar-refractivity contribution in [1.82, 2.24) is 20.6 Å². The van der Waals surface area contributed by atoms with Crippen LogP contribution in [0.4, 0.5) is 0 Å². The van der Waals surface area contributed by atoms with Crippen molar-refractivity contribution in [3.63, 3.8) is 0 Å². The Morgan fingerprint density at radius 2 is 1.91 bits per heavy atom. The van der Waals surface area contributed by atoms with Gasteiger partial charge in [-0.15, -0.1) is 24.0 Å². The first-order chi connectivity index (χ1) is 15.2. The van der Waals surface area contributed by atoms with Crippen molar-refractivity contribution in [1.29, 1.82) is 0 Å². The highest BCUT2D eigenvalue weighted by Crippen LogP contribution is 2.21. The van der Waals surface area contributed by atoms with Crippen LogP contribution >= 0.6 is 24.0 Å². The third-order valence-corrected chi connectivity index (χ3v) is 4.66. The number of hydrogen-bond acceptors (Lipinski definition) is 4. The Hall–Kier alpha value is -2.59. The quantitative estimate of drug-likeness (QED) is 0.152. The van der Waals surface area contributed by atoms with Gasteiger partial charge >= 0.3 is 0 Å². The van der Waals surface area contributed by atoms with Crippen LogP contribution in [0.15, 0.2) is 59.7 Å². The summed E-state index contributed by atoms with van der Waals surface area (Å²) in [6.07, 6.45) is 1.85. The van der Waals surface area contributed by atoms with E-state index in [1.54, 1.807) is 7.11 Å². The average molecular weight is 549 g/mol. The Labute approximate surface area is 207 Å². The molecule has 3 aromatic rings. The minimum atomic E-state index is 0. The van der Waals surface area contributed by atoms with Crippen molar-refractivity contribution in [2.24, 2.45) is 4.99 Å². The lowest BCUT2D eigenvalue weighted by Crippen LogP contribution is -2.37. The van der Waals surface area contributed by atoms with Crippen molar-refractivity contribution in [3.05, 3.63) is 71.7 Å². The van der Waals surface area contributed by atoms with Gasteiger partial charge in [0.05, 0.1) is 31.6 Å². The highest BCUT2D eigenvalue weighted by molar-refractivity contribution is 14.0. The van der Waals surface area contributed by atoms with Gasteiger partial charge in [-0.05, 0) is 31.0 Å². The number of aliphatic imine (C=N–C) groups is 1. The van der Waals surface area contributed by atoms with Gasteiger partial charge in [0, 0.05) is 19.2 Å². The number of H-pyrrole nitrogens is 1. The predicted octanol–water partition coefficient (Wildman–Crippen LogP) is 4.28. The lowest BCUT2D eigenvalue weighted by atomic mass is 10.1. The van der Waals surface area contributed by atoms with E-state index in [1.165, 1.54) is 0 Å². The lowest BCUT2D eigenvalue weighted by molar-refractivity contribution is 0.145. The molecule has 0 saturated carbocycles. The van der Waals surface area contributed by atoms with E-state index in [2.05, 4.69) is 51.8 Å². The van der Waals surface area contributed by atoms with Crippen molar-refractivity contribution < 1.29 is 9.47 Å². The number of aromatic amines is 1. The summed E-state index contributed by atoms with van der Waals surface area (Å²) >= 11 is 0. The number of hydrogen-bond donors (Lipinski definition) is 3. The van der Waals surface area contributed by atoms with Gasteiger partial charge in [-0.25, -0.2) is 9.98 Å². The van der Waals surface area contributed by atoms with Crippen LogP contribution in [-0.2, 0) is 17.8 Å². The second kappa shape index (κ2) is 13.7. The van der Waals surface area contributed by atoms with Gasteiger partial charge in [-0.1, -0.05) is 42.5 Å². The van der Waals surface area contributed by atoms with Gasteiger partial charge in [0.25, 0.3) is 0 Å². The van der Waals surface area contributed by atoms with E-state index < -0.39 is 0 Å². The number of rotatable bonds is 10. The molecule has 7 nitrogen and oxygen atoms in total. The van der Waals surface area contributed by atoms with Crippen molar-refractivity contribution in [2.45, 2.75) is 26.9 Å². The van der Waals surface area contributed by atoms with Gasteiger partial charge in [0.2, 0.25) is 0 Å². The van der Waals surface area contributed by atoms with Gasteiger partial charge in [0.1, 0.15) is 18.2 Å². The number of aromatic nitrogens is 2. The third kappa shape index (κ3) is 7.83. The van der Waals surface area contributed by atoms with Crippen LogP contribution in [0.1, 0.15) is 23.9 Å². The largest absolute Gasteiger partial charge is 0.491 e. The van der Waals surface area contributed by atoms with Crippen LogP contribution in [0.5, 0.6) is 5.75 Å². The Morgan fingerprint density at radius 3 is 2.66 bits per heavy atom. The molecule has 0 radical (unpaired) electrons. The number of aryl methyl sites for hydroxylation is 1. The standard InChI is InChI=1S/C24H31N5O2.HI/c1-4-25-24(27-15-20-11-10-18(2)14-22(20)31-13-12-30-3)28-17-23-26-16-21(29-23)19-8-6-5-7-9-19;/h5-11,14,16H,4,12-13,15,17H2,1-3H3,(H,26,29)(H2,25,27,28);1H. The summed E-state index contributed by atoms with van der Waals surface area (Å²) in [6, 6.07) is 16.3. The molecule has 0 bridgehead atoms. The van der Waals surface area contributed by atoms with Gasteiger partial charge < -0.3 is 25.1 Å². The fourth-order valence-electron chi connectivity index (χ4n) is 3.05. The van der Waals surface area contributed by atoms with Gasteiger partial charge in [-0.2, -0.15) is 0 Å². The highest BCUT2D eigenvalue weighted by Gasteiger charge is 2.07. The third-order valence-electron chi connectivity index (χ3n) is 4.66. The molecule has 0 aliphatic carbocycles. The maximum atomic E-state index is 5.87. The molecule has 0 aliphatic rings. The first kappa shape index (κ1) is 25.7. The molecular weight excluding hydrogens is 517 g/mol. The van der Waals surface area contributed by atoms with Crippen LogP contribution < -0.4 is 15.4 Å². The van der Waals surface area contributed by atoms with Gasteiger partial charge in [0.15, 0.2) is 5.96 Å². The van der Waals surface area contributed by atoms with Gasteiger partial charge in [-0.3, -0.25) is 0 Å². The number of imidazole rings is 1. The number of ether oxygens (including phenoxy) is 2. The number of guanidine groups is 1. The normalized spacial score (nSPS) is 11.0. The summed E-state index contributed by atoms with van der Waals surface area (Å²) in [6.45, 7) is 6.98. The minimum absolute atomic E-state index is 0. The average Bonchev–Trinajstić information content (AvgIpc) is 3.26. The first-order valence-electron chi connectivity index (χ1n) is 10.5. The fourth-order valence-corrected chi connectivity index (χ4v) is 3.05. The van der Waals surface area contributed by atoms with Crippen molar-refractivity contribution in [3.8, 4) is 17.0 Å². The minimum Gasteiger partial charge on any atom is -0.491 e. The van der Waals surface area contributed by atoms with E-state index in [0.29, 0.717) is 26.3 Å². The van der Waals surface area contributed by atoms with E-state index in [4.69, 9.17) is 14.5 Å². The molecule has 8 heteroatoms. The monoisotopic (exact) mass is 549 g/mol. The Balaban J connectivity index is 0.00000363. The maximum absolute atomic E-state index is 5.87. The molecule has 32 heavy (non-hydrogen) atoms. The summed E-state index contributed by atoms with van der Waals surface area (Å²) in [5.41, 5.74) is 4.29. The smallest absolute Gasteiger partial charge is 0.191 e. The maximum Gasteiger partial charge on any atom is 0.191 e. The Morgan fingerprint density at radius 1 is 1.09 bits per heavy atom. The molecule has 0 aliphatic heterocycles. The number of nitrogens with one attached hydrogen (secondary N) is 3. The molecule has 172 valence electrons. The SMILES string of the molecule is CCNC(=NCc1ccc(C)cc1OCCOC)NCc1ncc(-c2ccccc2)[nH]1.I. The van der Waals surface area contributed by atoms with E-state index in [-0.39, 0.29) is 24.0 Å². The van der Waals surface area contributed by atoms with Crippen molar-refractivity contribution >= 4 is 29.9 Å². The lowest BCUT2D eigenvalue weighted by Gasteiger charge is -2.13. The molecule has 0 spiro atoms. The van der Waals surface area contributed by atoms with E-state index >= 15 is 0 Å². The van der Waals surface area contributed by atoms with Crippen LogP contribution in [0, 0.1) is 6.92 Å². The van der Waals surface area contributed by atoms with Crippen LogP contribution in [0.25, 0.3) is 11.3 Å². The molecule has 0 fully saturated rings. The second-order valence-corrected chi connectivity index (χ2v) is 7.11. The number of benzene rings is 2. The molecule has 3 N–H and O–H groups in total. The van der Waals surface area contributed by atoms with Crippen LogP contribution in [-0.4, -0.2) is 42.8 Å². The highest BCUT2D eigenvalue weighted by atomic mass is 127. The topological polar surface area (TPSA) is 83.6 Å². The molecular formula is C24H32IN5O2. The van der Waals surface area contributed by atoms with Crippen LogP contribution in [0.3, 0.4) is 0 Å². The van der Waals surface area contributed by atoms with E-state index in [0.717, 1.165) is 46.5 Å². The Kier molecular flexibility index (Phi) is 11.0. The number of methoxy groups -OCH3 is 1. The van der Waals surface area contributed by atoms with E-state index in [1.807, 2.05) is 37.4 Å². The fraction of sp³-hybridized carbons (Fsp3) is 0.333. The zero-order chi connectivity index (χ0) is 21.9. The molecule has 0 atom stereocenters. The number of halogens is 1. The molecule has 0 amide bonds. The number of nitrogens with zero attached hydrogens (tertiary/aromatic N) is 2. The molecule has 1 heterocycles. The Bertz CT molecular complexity index is 976. The zero-order valence-electron chi connectivity index (χ0n) is 18.9. The molecule has 0 unspecified atom stereocenters. The molecule has 0 saturated heterocycles. The zero-order valence-corrected chi connectivity index (χ0v) is 21.2. The summed E-state index contributed by atoms with van der Waals surface area (Å²) in [7, 11) is 1.67. The van der Waals surface area contributed by atoms with Crippen molar-refractivity contribution in [2.75, 3.05) is 26.9 Å². The molecule has 1 aromatic heterocycles. The summed E-state index contributed by atoms with van der Waals surface area (Å²) < 4.78 is 11.0. The van der Waals surface area contributed by atoms with E-state index in [9.17, 15) is 0 Å². The molecule has 2 aromatic carbocycles. The summed E-state index contributed by atoms with van der Waals surface area (Å²) in [4.78, 5) is 12.6.